The van der Waals surface area contributed by atoms with Crippen LogP contribution in [0.15, 0.2) is 21.7 Å². The average molecular weight is 456 g/mol. The fraction of sp³-hybridized carbons (Fsp3) is 0.412. The number of hydrogen-bond acceptors (Lipinski definition) is 6. The molecule has 0 bridgehead atoms. The third-order valence-corrected chi connectivity index (χ3v) is 4.38. The number of hydrogen-bond donors (Lipinski definition) is 1. The van der Waals surface area contributed by atoms with E-state index in [9.17, 15) is 4.79 Å². The summed E-state index contributed by atoms with van der Waals surface area (Å²) >= 11 is 8.67. The van der Waals surface area contributed by atoms with Crippen molar-refractivity contribution in [3.63, 3.8) is 0 Å². The van der Waals surface area contributed by atoms with Crippen LogP contribution in [0.25, 0.3) is 0 Å². The summed E-state index contributed by atoms with van der Waals surface area (Å²) in [5.74, 6) is 1.59. The molecule has 0 saturated carbocycles. The van der Waals surface area contributed by atoms with Gasteiger partial charge >= 0.3 is 0 Å². The van der Waals surface area contributed by atoms with Gasteiger partial charge in [-0.2, -0.15) is 14.9 Å². The zero-order chi connectivity index (χ0) is 20.0. The summed E-state index contributed by atoms with van der Waals surface area (Å²) in [7, 11) is 3.35. The van der Waals surface area contributed by atoms with E-state index in [-0.39, 0.29) is 12.5 Å². The van der Waals surface area contributed by atoms with Gasteiger partial charge in [-0.15, -0.1) is 0 Å². The highest BCUT2D eigenvalue weighted by atomic mass is 79.9. The van der Waals surface area contributed by atoms with E-state index in [0.29, 0.717) is 33.8 Å². The second-order valence-electron chi connectivity index (χ2n) is 5.69. The predicted octanol–water partition coefficient (Wildman–Crippen LogP) is 3.01. The lowest BCUT2D eigenvalue weighted by Gasteiger charge is -2.16. The van der Waals surface area contributed by atoms with E-state index in [1.165, 1.54) is 4.90 Å². The zero-order valence-electron chi connectivity index (χ0n) is 15.7. The van der Waals surface area contributed by atoms with Crippen LogP contribution in [0, 0.1) is 4.77 Å². The van der Waals surface area contributed by atoms with Crippen molar-refractivity contribution >= 4 is 40.3 Å². The summed E-state index contributed by atoms with van der Waals surface area (Å²) < 4.78 is 14.0. The maximum Gasteiger partial charge on any atom is 0.259 e. The molecule has 1 heterocycles. The molecule has 146 valence electrons. The second kappa shape index (κ2) is 9.65. The second-order valence-corrected chi connectivity index (χ2v) is 6.94. The summed E-state index contributed by atoms with van der Waals surface area (Å²) in [6, 6.07) is 3.62. The van der Waals surface area contributed by atoms with Crippen molar-refractivity contribution < 1.29 is 14.3 Å². The lowest BCUT2D eigenvalue weighted by molar-refractivity contribution is -0.130. The summed E-state index contributed by atoms with van der Waals surface area (Å²) in [5.41, 5.74) is 0.779. The first-order chi connectivity index (χ1) is 12.9. The number of benzene rings is 1. The number of nitrogens with zero attached hydrogens (tertiary/aromatic N) is 4. The SMILES string of the molecule is CCOc1cc(/C=N\n2c(CC)n[nH]c2=S)cc(Br)c1OCC(=O)N(C)C. The van der Waals surface area contributed by atoms with Gasteiger partial charge in [-0.1, -0.05) is 6.92 Å². The number of carbonyl (C=O) groups is 1. The molecule has 0 fully saturated rings. The van der Waals surface area contributed by atoms with Crippen molar-refractivity contribution in [1.82, 2.24) is 19.8 Å². The minimum atomic E-state index is -0.142. The fourth-order valence-corrected chi connectivity index (χ4v) is 2.90. The summed E-state index contributed by atoms with van der Waals surface area (Å²) in [6.45, 7) is 4.23. The predicted molar refractivity (Wildman–Crippen MR) is 109 cm³/mol. The number of carbonyl (C=O) groups excluding carboxylic acids is 1. The zero-order valence-corrected chi connectivity index (χ0v) is 18.1. The van der Waals surface area contributed by atoms with Gasteiger partial charge in [-0.3, -0.25) is 9.89 Å². The Bertz CT molecular complexity index is 891. The molecule has 1 N–H and O–H groups in total. The Hall–Kier alpha value is -2.20. The van der Waals surface area contributed by atoms with Crippen LogP contribution in [-0.4, -0.2) is 59.2 Å². The van der Waals surface area contributed by atoms with E-state index in [1.807, 2.05) is 19.9 Å². The minimum absolute atomic E-state index is 0.0802. The van der Waals surface area contributed by atoms with Crippen LogP contribution in [0.1, 0.15) is 25.2 Å². The minimum Gasteiger partial charge on any atom is -0.490 e. The van der Waals surface area contributed by atoms with E-state index < -0.39 is 0 Å². The summed E-state index contributed by atoms with van der Waals surface area (Å²) in [4.78, 5) is 13.3. The smallest absolute Gasteiger partial charge is 0.259 e. The Balaban J connectivity index is 2.31. The first-order valence-electron chi connectivity index (χ1n) is 8.37. The number of aromatic amines is 1. The van der Waals surface area contributed by atoms with Crippen molar-refractivity contribution in [3.8, 4) is 11.5 Å². The van der Waals surface area contributed by atoms with E-state index in [4.69, 9.17) is 21.7 Å². The van der Waals surface area contributed by atoms with Gasteiger partial charge in [0.15, 0.2) is 23.9 Å². The Kier molecular flexibility index (Phi) is 7.55. The first-order valence-corrected chi connectivity index (χ1v) is 9.57. The van der Waals surface area contributed by atoms with E-state index in [0.717, 1.165) is 11.4 Å². The van der Waals surface area contributed by atoms with Gasteiger partial charge < -0.3 is 14.4 Å². The normalized spacial score (nSPS) is 11.0. The van der Waals surface area contributed by atoms with Crippen molar-refractivity contribution in [2.75, 3.05) is 27.3 Å². The molecule has 0 unspecified atom stereocenters. The Morgan fingerprint density at radius 3 is 2.78 bits per heavy atom. The maximum absolute atomic E-state index is 11.8. The van der Waals surface area contributed by atoms with Gasteiger partial charge in [-0.25, -0.2) is 0 Å². The molecule has 8 nitrogen and oxygen atoms in total. The number of H-pyrrole nitrogens is 1. The Morgan fingerprint density at radius 2 is 2.15 bits per heavy atom. The van der Waals surface area contributed by atoms with Crippen LogP contribution in [0.4, 0.5) is 0 Å². The first kappa shape index (κ1) is 21.1. The van der Waals surface area contributed by atoms with Crippen LogP contribution in [0.3, 0.4) is 0 Å². The van der Waals surface area contributed by atoms with Gasteiger partial charge in [-0.05, 0) is 52.8 Å². The molecule has 0 atom stereocenters. The lowest BCUT2D eigenvalue weighted by atomic mass is 10.2. The van der Waals surface area contributed by atoms with Gasteiger partial charge in [0, 0.05) is 20.5 Å². The largest absolute Gasteiger partial charge is 0.490 e. The third-order valence-electron chi connectivity index (χ3n) is 3.53. The molecule has 27 heavy (non-hydrogen) atoms. The van der Waals surface area contributed by atoms with E-state index in [2.05, 4.69) is 31.2 Å². The number of aromatic nitrogens is 3. The average Bonchev–Trinajstić information content (AvgIpc) is 2.98. The molecule has 2 aromatic rings. The molecule has 2 rings (SSSR count). The van der Waals surface area contributed by atoms with Gasteiger partial charge in [0.05, 0.1) is 17.3 Å². The molecular weight excluding hydrogens is 434 g/mol. The topological polar surface area (TPSA) is 84.7 Å². The summed E-state index contributed by atoms with van der Waals surface area (Å²) in [5, 5.41) is 11.2. The van der Waals surface area contributed by atoms with Crippen LogP contribution in [0.2, 0.25) is 0 Å². The molecule has 10 heteroatoms. The van der Waals surface area contributed by atoms with Gasteiger partial charge in [0.1, 0.15) is 0 Å². The Morgan fingerprint density at radius 1 is 1.41 bits per heavy atom. The molecular formula is C17H22BrN5O3S. The Labute approximate surface area is 171 Å². The highest BCUT2D eigenvalue weighted by Crippen LogP contribution is 2.36. The van der Waals surface area contributed by atoms with Crippen molar-refractivity contribution in [2.45, 2.75) is 20.3 Å². The van der Waals surface area contributed by atoms with E-state index >= 15 is 0 Å². The number of aryl methyl sites for hydroxylation is 1. The monoisotopic (exact) mass is 455 g/mol. The lowest BCUT2D eigenvalue weighted by Crippen LogP contribution is -2.27. The molecule has 1 aromatic heterocycles. The van der Waals surface area contributed by atoms with E-state index in [1.54, 1.807) is 31.1 Å². The quantitative estimate of drug-likeness (QED) is 0.488. The van der Waals surface area contributed by atoms with Crippen LogP contribution in [-0.2, 0) is 11.2 Å². The number of nitrogens with one attached hydrogen (secondary N) is 1. The maximum atomic E-state index is 11.8. The molecule has 0 aliphatic heterocycles. The van der Waals surface area contributed by atoms with Crippen molar-refractivity contribution in [1.29, 1.82) is 0 Å². The van der Waals surface area contributed by atoms with Crippen molar-refractivity contribution in [2.24, 2.45) is 5.10 Å². The summed E-state index contributed by atoms with van der Waals surface area (Å²) in [6.07, 6.45) is 2.36. The van der Waals surface area contributed by atoms with Gasteiger partial charge in [0.25, 0.3) is 5.91 Å². The third kappa shape index (κ3) is 5.39. The van der Waals surface area contributed by atoms with Crippen LogP contribution < -0.4 is 9.47 Å². The molecule has 1 aromatic carbocycles. The van der Waals surface area contributed by atoms with Crippen molar-refractivity contribution in [3.05, 3.63) is 32.8 Å². The highest BCUT2D eigenvalue weighted by Gasteiger charge is 2.14. The molecule has 1 amide bonds. The standard InChI is InChI=1S/C17H22BrN5O3S/c1-5-14-20-21-17(27)23(14)19-9-11-7-12(18)16(13(8-11)25-6-2)26-10-15(24)22(3)4/h7-9H,5-6,10H2,1-4H3,(H,21,27)/b19-9-. The number of halogens is 1. The van der Waals surface area contributed by atoms with Gasteiger partial charge in [0.2, 0.25) is 4.77 Å². The number of likely N-dealkylation sites (N-methyl/N-ethyl adjacent to an activating group) is 1. The fourth-order valence-electron chi connectivity index (χ4n) is 2.13. The molecule has 0 radical (unpaired) electrons. The molecule has 0 saturated heterocycles. The number of amides is 1. The number of ether oxygens (including phenoxy) is 2. The molecule has 0 aliphatic rings. The number of rotatable bonds is 8. The molecule has 0 spiro atoms. The van der Waals surface area contributed by atoms with Crippen LogP contribution >= 0.6 is 28.1 Å². The highest BCUT2D eigenvalue weighted by molar-refractivity contribution is 9.10. The molecule has 0 aliphatic carbocycles. The van der Waals surface area contributed by atoms with Crippen LogP contribution in [0.5, 0.6) is 11.5 Å².